The zero-order valence-corrected chi connectivity index (χ0v) is 9.62. The molecule has 1 N–H and O–H groups in total. The Balaban J connectivity index is 3.04. The molecule has 0 atom stereocenters. The van der Waals surface area contributed by atoms with Crippen LogP contribution in [0.4, 0.5) is 0 Å². The van der Waals surface area contributed by atoms with Crippen molar-refractivity contribution in [1.82, 2.24) is 5.48 Å². The summed E-state index contributed by atoms with van der Waals surface area (Å²) in [6.07, 6.45) is 0. The van der Waals surface area contributed by atoms with Crippen molar-refractivity contribution >= 4 is 0 Å². The summed E-state index contributed by atoms with van der Waals surface area (Å²) in [5.41, 5.74) is 6.02. The van der Waals surface area contributed by atoms with Crippen LogP contribution < -0.4 is 5.48 Å². The van der Waals surface area contributed by atoms with E-state index in [2.05, 4.69) is 47.0 Å². The Morgan fingerprint density at radius 2 is 1.54 bits per heavy atom. The number of rotatable bonds is 0. The smallest absolute Gasteiger partial charge is 0.0982 e. The van der Waals surface area contributed by atoms with Crippen LogP contribution in [0.15, 0.2) is 11.3 Å². The van der Waals surface area contributed by atoms with Crippen molar-refractivity contribution in [3.63, 3.8) is 0 Å². The van der Waals surface area contributed by atoms with E-state index in [-0.39, 0.29) is 10.8 Å². The molecule has 2 heteroatoms. The van der Waals surface area contributed by atoms with Gasteiger partial charge >= 0.3 is 0 Å². The Morgan fingerprint density at radius 3 is 1.85 bits per heavy atom. The second kappa shape index (κ2) is 3.02. The van der Waals surface area contributed by atoms with Crippen molar-refractivity contribution in [1.29, 1.82) is 0 Å². The van der Waals surface area contributed by atoms with Crippen LogP contribution in [-0.4, -0.2) is 6.61 Å². The second-order valence-corrected chi connectivity index (χ2v) is 5.74. The number of hydrogen-bond acceptors (Lipinski definition) is 2. The molecule has 0 aromatic heterocycles. The highest BCUT2D eigenvalue weighted by molar-refractivity contribution is 5.25. The standard InChI is InChI=1S/C11H21NO/c1-10(2,3)8-7-13-12-9(8)11(4,5)6/h12H,7H2,1-6H3. The van der Waals surface area contributed by atoms with Crippen LogP contribution >= 0.6 is 0 Å². The van der Waals surface area contributed by atoms with Gasteiger partial charge in [-0.25, -0.2) is 0 Å². The van der Waals surface area contributed by atoms with Gasteiger partial charge in [0.1, 0.15) is 0 Å². The Morgan fingerprint density at radius 1 is 1.00 bits per heavy atom. The molecule has 13 heavy (non-hydrogen) atoms. The van der Waals surface area contributed by atoms with Crippen LogP contribution in [0.25, 0.3) is 0 Å². The molecule has 0 spiro atoms. The molecule has 1 heterocycles. The van der Waals surface area contributed by atoms with Crippen molar-refractivity contribution in [3.8, 4) is 0 Å². The van der Waals surface area contributed by atoms with Crippen molar-refractivity contribution < 1.29 is 4.84 Å². The summed E-state index contributed by atoms with van der Waals surface area (Å²) < 4.78 is 0. The van der Waals surface area contributed by atoms with Crippen LogP contribution in [0, 0.1) is 10.8 Å². The molecule has 0 radical (unpaired) electrons. The molecule has 1 rings (SSSR count). The largest absolute Gasteiger partial charge is 0.272 e. The van der Waals surface area contributed by atoms with E-state index in [0.29, 0.717) is 0 Å². The zero-order chi connectivity index (χ0) is 10.3. The molecular weight excluding hydrogens is 162 g/mol. The molecule has 0 saturated carbocycles. The highest BCUT2D eigenvalue weighted by atomic mass is 16.6. The SMILES string of the molecule is CC(C)(C)C1=C(C(C)(C)C)NOC1. The van der Waals surface area contributed by atoms with E-state index in [0.717, 1.165) is 6.61 Å². The summed E-state index contributed by atoms with van der Waals surface area (Å²) in [5, 5.41) is 0. The van der Waals surface area contributed by atoms with Gasteiger partial charge in [-0.15, -0.1) is 0 Å². The molecule has 0 bridgehead atoms. The van der Waals surface area contributed by atoms with Crippen LogP contribution in [0.2, 0.25) is 0 Å². The molecule has 0 unspecified atom stereocenters. The first kappa shape index (κ1) is 10.6. The van der Waals surface area contributed by atoms with Gasteiger partial charge in [-0.1, -0.05) is 41.5 Å². The molecule has 0 aromatic rings. The third kappa shape index (κ3) is 2.25. The number of hydroxylamine groups is 1. The maximum Gasteiger partial charge on any atom is 0.0982 e. The quantitative estimate of drug-likeness (QED) is 0.623. The fourth-order valence-electron chi connectivity index (χ4n) is 1.51. The van der Waals surface area contributed by atoms with E-state index >= 15 is 0 Å². The lowest BCUT2D eigenvalue weighted by Gasteiger charge is -2.26. The van der Waals surface area contributed by atoms with Gasteiger partial charge in [0, 0.05) is 11.1 Å². The summed E-state index contributed by atoms with van der Waals surface area (Å²) in [6.45, 7) is 14.0. The second-order valence-electron chi connectivity index (χ2n) is 5.74. The summed E-state index contributed by atoms with van der Waals surface area (Å²) in [7, 11) is 0. The molecule has 1 aliphatic heterocycles. The van der Waals surface area contributed by atoms with E-state index < -0.39 is 0 Å². The molecule has 0 aliphatic carbocycles. The van der Waals surface area contributed by atoms with Crippen molar-refractivity contribution in [2.45, 2.75) is 41.5 Å². The summed E-state index contributed by atoms with van der Waals surface area (Å²) in [5.74, 6) is 0. The predicted octanol–water partition coefficient (Wildman–Crippen LogP) is 2.87. The minimum absolute atomic E-state index is 0.152. The van der Waals surface area contributed by atoms with Gasteiger partial charge in [0.25, 0.3) is 0 Å². The summed E-state index contributed by atoms with van der Waals surface area (Å²) in [4.78, 5) is 5.30. The Labute approximate surface area is 81.3 Å². The van der Waals surface area contributed by atoms with Crippen molar-refractivity contribution in [2.75, 3.05) is 6.61 Å². The summed E-state index contributed by atoms with van der Waals surface area (Å²) in [6, 6.07) is 0. The number of hydrogen-bond donors (Lipinski definition) is 1. The van der Waals surface area contributed by atoms with Gasteiger partial charge < -0.3 is 0 Å². The van der Waals surface area contributed by atoms with Crippen LogP contribution in [0.3, 0.4) is 0 Å². The Kier molecular flexibility index (Phi) is 2.46. The number of allylic oxidation sites excluding steroid dienone is 1. The lowest BCUT2D eigenvalue weighted by molar-refractivity contribution is 0.0925. The third-order valence-electron chi connectivity index (χ3n) is 2.35. The maximum absolute atomic E-state index is 5.30. The molecule has 2 nitrogen and oxygen atoms in total. The average Bonchev–Trinajstić information content (AvgIpc) is 2.27. The monoisotopic (exact) mass is 183 g/mol. The van der Waals surface area contributed by atoms with E-state index in [4.69, 9.17) is 4.84 Å². The first-order chi connectivity index (χ1) is 5.73. The fraction of sp³-hybridized carbons (Fsp3) is 0.818. The molecule has 0 fully saturated rings. The lowest BCUT2D eigenvalue weighted by Crippen LogP contribution is -2.22. The minimum Gasteiger partial charge on any atom is -0.272 e. The minimum atomic E-state index is 0.152. The van der Waals surface area contributed by atoms with Gasteiger partial charge in [-0.05, 0) is 11.0 Å². The molecule has 76 valence electrons. The molecular formula is C11H21NO. The summed E-state index contributed by atoms with van der Waals surface area (Å²) >= 11 is 0. The first-order valence-electron chi connectivity index (χ1n) is 4.85. The van der Waals surface area contributed by atoms with E-state index in [9.17, 15) is 0 Å². The molecule has 0 aromatic carbocycles. The highest BCUT2D eigenvalue weighted by Crippen LogP contribution is 2.37. The average molecular weight is 183 g/mol. The Bertz CT molecular complexity index is 203. The van der Waals surface area contributed by atoms with Gasteiger partial charge in [0.15, 0.2) is 0 Å². The van der Waals surface area contributed by atoms with Crippen molar-refractivity contribution in [2.24, 2.45) is 10.8 Å². The van der Waals surface area contributed by atoms with Gasteiger partial charge in [-0.2, -0.15) is 0 Å². The number of nitrogens with one attached hydrogen (secondary N) is 1. The molecule has 1 aliphatic rings. The zero-order valence-electron chi connectivity index (χ0n) is 9.62. The van der Waals surface area contributed by atoms with Crippen LogP contribution in [-0.2, 0) is 4.84 Å². The van der Waals surface area contributed by atoms with Gasteiger partial charge in [-0.3, -0.25) is 10.3 Å². The lowest BCUT2D eigenvalue weighted by atomic mass is 9.79. The first-order valence-corrected chi connectivity index (χ1v) is 4.85. The van der Waals surface area contributed by atoms with Crippen LogP contribution in [0.1, 0.15) is 41.5 Å². The van der Waals surface area contributed by atoms with Gasteiger partial charge in [0.2, 0.25) is 0 Å². The van der Waals surface area contributed by atoms with Gasteiger partial charge in [0.05, 0.1) is 6.61 Å². The molecule has 0 amide bonds. The van der Waals surface area contributed by atoms with Crippen LogP contribution in [0.5, 0.6) is 0 Å². The van der Waals surface area contributed by atoms with Crippen molar-refractivity contribution in [3.05, 3.63) is 11.3 Å². The third-order valence-corrected chi connectivity index (χ3v) is 2.35. The normalized spacial score (nSPS) is 19.2. The maximum atomic E-state index is 5.30. The Hall–Kier alpha value is -0.500. The highest BCUT2D eigenvalue weighted by Gasteiger charge is 2.31. The van der Waals surface area contributed by atoms with E-state index in [1.807, 2.05) is 0 Å². The fourth-order valence-corrected chi connectivity index (χ4v) is 1.51. The van der Waals surface area contributed by atoms with E-state index in [1.54, 1.807) is 0 Å². The van der Waals surface area contributed by atoms with E-state index in [1.165, 1.54) is 11.3 Å². The molecule has 0 saturated heterocycles. The predicted molar refractivity (Wildman–Crippen MR) is 55.0 cm³/mol. The topological polar surface area (TPSA) is 21.3 Å².